The topological polar surface area (TPSA) is 359 Å². The monoisotopic (exact) mass is 1660 g/mol. The van der Waals surface area contributed by atoms with E-state index in [1.165, 1.54) is 70.5 Å². The summed E-state index contributed by atoms with van der Waals surface area (Å²) in [5, 5.41) is 25.3. The van der Waals surface area contributed by atoms with Crippen molar-refractivity contribution in [3.63, 3.8) is 0 Å². The molecule has 0 atom stereocenters. The Hall–Kier alpha value is -14.4. The minimum absolute atomic E-state index is 0.0554. The number of imide groups is 2. The molecule has 7 aromatic carbocycles. The number of aromatic nitrogens is 4. The molecule has 0 saturated carbocycles. The Balaban J connectivity index is 1.01. The van der Waals surface area contributed by atoms with Crippen LogP contribution in [-0.2, 0) is 19.2 Å². The molecule has 6 heterocycles. The number of hydrogen-bond acceptors (Lipinski definition) is 16. The molecule has 26 heteroatoms. The summed E-state index contributed by atoms with van der Waals surface area (Å²) in [6.07, 6.45) is 2.40. The van der Waals surface area contributed by atoms with Crippen LogP contribution in [0.15, 0.2) is 146 Å². The van der Waals surface area contributed by atoms with E-state index in [0.29, 0.717) is 58.0 Å². The Morgan fingerprint density at radius 3 is 0.782 bits per heavy atom. The van der Waals surface area contributed by atoms with Crippen molar-refractivity contribution >= 4 is 161 Å². The first-order valence-corrected chi connectivity index (χ1v) is 41.4. The van der Waals surface area contributed by atoms with Crippen LogP contribution in [0.4, 0.5) is 46.5 Å². The van der Waals surface area contributed by atoms with Crippen LogP contribution in [0.3, 0.4) is 0 Å². The van der Waals surface area contributed by atoms with Crippen LogP contribution in [-0.4, -0.2) is 113 Å². The van der Waals surface area contributed by atoms with Gasteiger partial charge in [-0.1, -0.05) is 171 Å². The largest absolute Gasteiger partial charge is 0.311 e. The maximum absolute atomic E-state index is 15.7. The number of nitrogens with zero attached hydrogens (tertiary/aromatic N) is 6. The molecule has 0 saturated heterocycles. The number of anilines is 8. The Morgan fingerprint density at radius 2 is 0.540 bits per heavy atom. The van der Waals surface area contributed by atoms with Crippen molar-refractivity contribution in [3.8, 4) is 23.7 Å². The van der Waals surface area contributed by atoms with E-state index in [4.69, 9.17) is 0 Å². The number of hydrogen-bond donors (Lipinski definition) is 8. The van der Waals surface area contributed by atoms with Gasteiger partial charge in [0.1, 0.15) is 46.5 Å². The molecule has 2 aliphatic rings. The van der Waals surface area contributed by atoms with E-state index < -0.39 is 59.3 Å². The molecular weight excluding hydrogens is 1570 g/mol. The molecule has 0 radical (unpaired) electrons. The van der Waals surface area contributed by atoms with Gasteiger partial charge in [-0.2, -0.15) is 0 Å². The normalized spacial score (nSPS) is 12.8. The van der Waals surface area contributed by atoms with Crippen molar-refractivity contribution in [1.29, 1.82) is 0 Å². The second-order valence-corrected chi connectivity index (χ2v) is 36.1. The third kappa shape index (κ3) is 19.6. The molecule has 632 valence electrons. The van der Waals surface area contributed by atoms with Gasteiger partial charge in [-0.3, -0.25) is 67.3 Å². The van der Waals surface area contributed by atoms with E-state index in [2.05, 4.69) is 86.2 Å². The van der Waals surface area contributed by atoms with Gasteiger partial charge in [-0.15, -0.1) is 0 Å². The summed E-state index contributed by atoms with van der Waals surface area (Å²) < 4.78 is 0. The third-order valence-electron chi connectivity index (χ3n) is 20.9. The molecule has 124 heavy (non-hydrogen) atoms. The molecule has 11 aromatic rings. The van der Waals surface area contributed by atoms with Gasteiger partial charge in [0.05, 0.1) is 0 Å². The lowest BCUT2D eigenvalue weighted by atomic mass is 9.79. The maximum atomic E-state index is 15.7. The third-order valence-corrected chi connectivity index (χ3v) is 20.9. The average molecular weight is 1660 g/mol. The van der Waals surface area contributed by atoms with Crippen molar-refractivity contribution < 1.29 is 57.5 Å². The van der Waals surface area contributed by atoms with Crippen molar-refractivity contribution in [3.05, 3.63) is 212 Å². The minimum atomic E-state index is -0.736. The molecule has 4 aromatic heterocycles. The van der Waals surface area contributed by atoms with Gasteiger partial charge in [0.25, 0.3) is 47.3 Å². The molecule has 0 bridgehead atoms. The summed E-state index contributed by atoms with van der Waals surface area (Å²) in [4.78, 5) is 194. The highest BCUT2D eigenvalue weighted by Gasteiger charge is 2.42. The van der Waals surface area contributed by atoms with Crippen LogP contribution < -0.4 is 42.5 Å². The fourth-order valence-corrected chi connectivity index (χ4v) is 15.6. The first-order chi connectivity index (χ1) is 58.6. The zero-order chi connectivity index (χ0) is 89.3. The Morgan fingerprint density at radius 1 is 0.298 bits per heavy atom. The molecule has 0 unspecified atom stereocenters. The highest BCUT2D eigenvalue weighted by Crippen LogP contribution is 2.50. The standard InChI is InChI=1S/C98H98N14O12/c1-17-61(18-2)111-91(121)65-39-37-63-82-56(36-34-54-43-59(89(119)109-75-31-23-27-71(101-75)105-79(115)51-97(11,12)13)46-60(44-54)90(120)110-76-32-24-28-72(102-76)106-80(116)52-98(14,15)16)48-68-84-66(92(122)112(94(68)124)62(19-3)20-4)40-38-64(86(82)84)81-55(47-67(93(111)123)83(65)85(63)81)35-33-53-41-57(87(117)107-73-29-21-25-69(99-73)103-77(113)49-95(5,6)7)45-58(42-53)88(118)108-74-30-22-26-70(100-74)104-78(114)50-96(8,9)10/h21-32,37-48,61-62H,17-20,49-52H2,1-16H3,(H2,99,103,107,113,117)(H2,100,104,108,114,118)(H2,101,105,109,115,119)(H2,102,106,110,116,120). The fourth-order valence-electron chi connectivity index (χ4n) is 15.6. The summed E-state index contributed by atoms with van der Waals surface area (Å²) in [7, 11) is 0. The van der Waals surface area contributed by atoms with Crippen molar-refractivity contribution in [2.24, 2.45) is 21.7 Å². The second-order valence-electron chi connectivity index (χ2n) is 36.1. The number of fused-ring (bicyclic) bond motifs is 2. The molecular formula is C98H98N14O12. The van der Waals surface area contributed by atoms with Crippen LogP contribution in [0.5, 0.6) is 0 Å². The van der Waals surface area contributed by atoms with Crippen molar-refractivity contribution in [2.45, 2.75) is 174 Å². The zero-order valence-electron chi connectivity index (χ0n) is 72.3. The number of carbonyl (C=O) groups is 12. The van der Waals surface area contributed by atoms with E-state index in [1.807, 2.05) is 111 Å². The highest BCUT2D eigenvalue weighted by molar-refractivity contribution is 6.43. The lowest BCUT2D eigenvalue weighted by Gasteiger charge is -2.35. The smallest absolute Gasteiger partial charge is 0.261 e. The van der Waals surface area contributed by atoms with Gasteiger partial charge in [0.15, 0.2) is 0 Å². The van der Waals surface area contributed by atoms with E-state index >= 15 is 19.2 Å². The van der Waals surface area contributed by atoms with Gasteiger partial charge >= 0.3 is 0 Å². The molecule has 0 fully saturated rings. The number of nitrogens with one attached hydrogen (secondary N) is 8. The summed E-state index contributed by atoms with van der Waals surface area (Å²) >= 11 is 0. The average Bonchev–Trinajstić information content (AvgIpc) is 0.678. The lowest BCUT2D eigenvalue weighted by Crippen LogP contribution is -2.46. The van der Waals surface area contributed by atoms with Crippen LogP contribution in [0.2, 0.25) is 0 Å². The molecule has 12 amide bonds. The van der Waals surface area contributed by atoms with E-state index in [9.17, 15) is 38.4 Å². The predicted molar refractivity (Wildman–Crippen MR) is 482 cm³/mol. The van der Waals surface area contributed by atoms with Crippen LogP contribution in [0.1, 0.15) is 267 Å². The Labute approximate surface area is 718 Å². The van der Waals surface area contributed by atoms with Crippen molar-refractivity contribution in [2.75, 3.05) is 42.5 Å². The summed E-state index contributed by atoms with van der Waals surface area (Å²) in [5.74, 6) is 7.68. The van der Waals surface area contributed by atoms with Gasteiger partial charge in [0, 0.05) is 137 Å². The van der Waals surface area contributed by atoms with Gasteiger partial charge in [-0.25, -0.2) is 19.9 Å². The summed E-state index contributed by atoms with van der Waals surface area (Å²) in [6.45, 7) is 30.6. The van der Waals surface area contributed by atoms with Crippen LogP contribution >= 0.6 is 0 Å². The Bertz CT molecular complexity index is 5850. The second kappa shape index (κ2) is 35.0. The zero-order valence-corrected chi connectivity index (χ0v) is 72.3. The lowest BCUT2D eigenvalue weighted by molar-refractivity contribution is -0.118. The number of amides is 12. The fraction of sp³-hybridized carbons (Fsp3) is 0.306. The van der Waals surface area contributed by atoms with Gasteiger partial charge in [-0.05, 0) is 167 Å². The molecule has 0 spiro atoms. The molecule has 13 rings (SSSR count). The minimum Gasteiger partial charge on any atom is -0.311 e. The Kier molecular flexibility index (Phi) is 24.7. The molecule has 26 nitrogen and oxygen atoms in total. The maximum Gasteiger partial charge on any atom is 0.261 e. The number of rotatable bonds is 22. The summed E-state index contributed by atoms with van der Waals surface area (Å²) in [5.41, 5.74) is -0.405. The predicted octanol–water partition coefficient (Wildman–Crippen LogP) is 18.2. The first-order valence-electron chi connectivity index (χ1n) is 41.4. The highest BCUT2D eigenvalue weighted by atomic mass is 16.2. The van der Waals surface area contributed by atoms with E-state index in [0.717, 1.165) is 0 Å². The van der Waals surface area contributed by atoms with E-state index in [-0.39, 0.29) is 195 Å². The van der Waals surface area contributed by atoms with Crippen LogP contribution in [0, 0.1) is 45.3 Å². The summed E-state index contributed by atoms with van der Waals surface area (Å²) in [6, 6.07) is 36.3. The molecule has 8 N–H and O–H groups in total. The number of carbonyl (C=O) groups excluding carboxylic acids is 12. The SMILES string of the molecule is CCC(CC)N1C(=O)c2ccc3c4c(C#Cc5cc(C(=O)Nc6cccc(NC(=O)CC(C)(C)C)n6)cc(C(=O)Nc6cccc(NC(=O)CC(C)(C)C)n6)c5)cc5c6c(ccc(c7c(C#Cc8cc(C(=O)Nc9cccc(NC(=O)CC(C)(C)C)n9)cc(C(=O)Nc9cccc(NC(=O)CC(C)(C)C)n9)c8)cc(c2c37)C1=O)c64)C(=O)N(C(CC)CC)C5=O. The van der Waals surface area contributed by atoms with Gasteiger partial charge < -0.3 is 42.5 Å². The van der Waals surface area contributed by atoms with E-state index in [1.54, 1.807) is 84.9 Å². The first kappa shape index (κ1) is 87.4. The van der Waals surface area contributed by atoms with Crippen LogP contribution in [0.25, 0.3) is 43.1 Å². The molecule has 2 aliphatic heterocycles. The molecule has 0 aliphatic carbocycles. The van der Waals surface area contributed by atoms with Crippen molar-refractivity contribution in [1.82, 2.24) is 29.7 Å². The number of benzene rings is 7. The van der Waals surface area contributed by atoms with Gasteiger partial charge in [0.2, 0.25) is 23.6 Å². The quantitative estimate of drug-likeness (QED) is 0.0135. The number of pyridine rings is 4.